The predicted molar refractivity (Wildman–Crippen MR) is 83.5 cm³/mol. The zero-order chi connectivity index (χ0) is 16.6. The Labute approximate surface area is 136 Å². The van der Waals surface area contributed by atoms with Crippen LogP contribution in [0.3, 0.4) is 0 Å². The van der Waals surface area contributed by atoms with E-state index in [1.54, 1.807) is 18.2 Å². The van der Waals surface area contributed by atoms with Gasteiger partial charge in [-0.1, -0.05) is 12.1 Å². The van der Waals surface area contributed by atoms with Crippen molar-refractivity contribution in [3.05, 3.63) is 17.5 Å². The monoisotopic (exact) mass is 320 g/mol. The summed E-state index contributed by atoms with van der Waals surface area (Å²) >= 11 is 0. The molecule has 1 unspecified atom stereocenters. The Hall–Kier alpha value is -1.89. The molecular formula is C16H24N4O3. The Morgan fingerprint density at radius 3 is 2.83 bits per heavy atom. The maximum Gasteiger partial charge on any atom is 0.228 e. The van der Waals surface area contributed by atoms with Crippen LogP contribution in [0.2, 0.25) is 0 Å². The number of rotatable bonds is 5. The van der Waals surface area contributed by atoms with Crippen LogP contribution < -0.4 is 0 Å². The summed E-state index contributed by atoms with van der Waals surface area (Å²) in [5.41, 5.74) is 1.82. The van der Waals surface area contributed by atoms with Gasteiger partial charge in [0.25, 0.3) is 0 Å². The first-order valence-electron chi connectivity index (χ1n) is 8.14. The van der Waals surface area contributed by atoms with Crippen molar-refractivity contribution in [1.82, 2.24) is 19.9 Å². The van der Waals surface area contributed by atoms with E-state index >= 15 is 0 Å². The van der Waals surface area contributed by atoms with Gasteiger partial charge in [0.05, 0.1) is 24.2 Å². The van der Waals surface area contributed by atoms with Crippen LogP contribution in [-0.2, 0) is 22.6 Å². The number of amides is 2. The van der Waals surface area contributed by atoms with Gasteiger partial charge in [-0.25, -0.2) is 0 Å². The molecule has 0 aliphatic carbocycles. The van der Waals surface area contributed by atoms with Crippen molar-refractivity contribution in [2.75, 3.05) is 33.7 Å². The first-order valence-corrected chi connectivity index (χ1v) is 8.14. The fourth-order valence-corrected chi connectivity index (χ4v) is 3.46. The van der Waals surface area contributed by atoms with Gasteiger partial charge in [-0.15, -0.1) is 0 Å². The van der Waals surface area contributed by atoms with Crippen molar-refractivity contribution in [3.8, 4) is 0 Å². The molecule has 0 aromatic carbocycles. The third kappa shape index (κ3) is 3.10. The molecule has 23 heavy (non-hydrogen) atoms. The zero-order valence-electron chi connectivity index (χ0n) is 14.0. The number of aromatic nitrogens is 1. The lowest BCUT2D eigenvalue weighted by atomic mass is 10.1. The zero-order valence-corrected chi connectivity index (χ0v) is 14.0. The summed E-state index contributed by atoms with van der Waals surface area (Å²) in [4.78, 5) is 30.6. The molecule has 7 heteroatoms. The Balaban J connectivity index is 1.58. The topological polar surface area (TPSA) is 69.9 Å². The Bertz CT molecular complexity index is 594. The second kappa shape index (κ2) is 6.31. The number of nitrogens with zero attached hydrogens (tertiary/aromatic N) is 4. The highest BCUT2D eigenvalue weighted by atomic mass is 16.5. The molecule has 1 aromatic heterocycles. The van der Waals surface area contributed by atoms with Gasteiger partial charge in [0.2, 0.25) is 11.8 Å². The lowest BCUT2D eigenvalue weighted by molar-refractivity contribution is -0.135. The van der Waals surface area contributed by atoms with Crippen molar-refractivity contribution < 1.29 is 14.1 Å². The normalized spacial score (nSPS) is 22.5. The van der Waals surface area contributed by atoms with Crippen LogP contribution in [0.15, 0.2) is 10.8 Å². The molecule has 2 aliphatic rings. The van der Waals surface area contributed by atoms with Gasteiger partial charge in [-0.2, -0.15) is 0 Å². The van der Waals surface area contributed by atoms with Gasteiger partial charge in [0, 0.05) is 38.7 Å². The van der Waals surface area contributed by atoms with E-state index in [0.717, 1.165) is 30.8 Å². The van der Waals surface area contributed by atoms with E-state index in [1.165, 1.54) is 0 Å². The van der Waals surface area contributed by atoms with Crippen LogP contribution in [0.1, 0.15) is 24.6 Å². The van der Waals surface area contributed by atoms with E-state index < -0.39 is 0 Å². The Morgan fingerprint density at radius 2 is 2.17 bits per heavy atom. The van der Waals surface area contributed by atoms with E-state index in [4.69, 9.17) is 4.52 Å². The molecule has 0 N–H and O–H groups in total. The third-order valence-electron chi connectivity index (χ3n) is 4.84. The van der Waals surface area contributed by atoms with Gasteiger partial charge in [-0.3, -0.25) is 9.59 Å². The largest absolute Gasteiger partial charge is 0.364 e. The maximum absolute atomic E-state index is 12.6. The highest BCUT2D eigenvalue weighted by Gasteiger charge is 2.41. The SMILES string of the molecule is CCc1nocc1CN(C)C(=O)C1CC(=O)N(C2CN(C)C2)C1. The number of likely N-dealkylation sites (tertiary alicyclic amines) is 2. The quantitative estimate of drug-likeness (QED) is 0.783. The lowest BCUT2D eigenvalue weighted by Crippen LogP contribution is -2.58. The fraction of sp³-hybridized carbons (Fsp3) is 0.688. The summed E-state index contributed by atoms with van der Waals surface area (Å²) < 4.78 is 4.99. The summed E-state index contributed by atoms with van der Waals surface area (Å²) in [5, 5.41) is 3.94. The minimum absolute atomic E-state index is 0.0248. The molecule has 0 radical (unpaired) electrons. The molecule has 2 fully saturated rings. The van der Waals surface area contributed by atoms with Gasteiger partial charge >= 0.3 is 0 Å². The average Bonchev–Trinajstić information content (AvgIpc) is 3.09. The molecule has 0 spiro atoms. The van der Waals surface area contributed by atoms with Crippen molar-refractivity contribution in [1.29, 1.82) is 0 Å². The van der Waals surface area contributed by atoms with Gasteiger partial charge in [0.1, 0.15) is 6.26 Å². The predicted octanol–water partition coefficient (Wildman–Crippen LogP) is 0.358. The van der Waals surface area contributed by atoms with E-state index in [2.05, 4.69) is 10.1 Å². The molecule has 3 heterocycles. The van der Waals surface area contributed by atoms with E-state index in [0.29, 0.717) is 19.5 Å². The number of hydrogen-bond acceptors (Lipinski definition) is 5. The van der Waals surface area contributed by atoms with E-state index in [1.807, 2.05) is 18.9 Å². The maximum atomic E-state index is 12.6. The van der Waals surface area contributed by atoms with Crippen molar-refractivity contribution >= 4 is 11.8 Å². The lowest BCUT2D eigenvalue weighted by Gasteiger charge is -2.42. The second-order valence-electron chi connectivity index (χ2n) is 6.66. The summed E-state index contributed by atoms with van der Waals surface area (Å²) in [5.74, 6) is -0.103. The molecule has 1 atom stereocenters. The standard InChI is InChI=1S/C16H24N4O3/c1-4-14-12(10-23-17-14)6-19(3)16(22)11-5-15(21)20(7-11)13-8-18(2)9-13/h10-11,13H,4-9H2,1-3H3. The van der Waals surface area contributed by atoms with Crippen LogP contribution in [0.4, 0.5) is 0 Å². The molecule has 0 bridgehead atoms. The van der Waals surface area contributed by atoms with Gasteiger partial charge < -0.3 is 19.2 Å². The second-order valence-corrected chi connectivity index (χ2v) is 6.66. The van der Waals surface area contributed by atoms with Gasteiger partial charge in [0.15, 0.2) is 0 Å². The Kier molecular flexibility index (Phi) is 4.39. The van der Waals surface area contributed by atoms with Crippen LogP contribution >= 0.6 is 0 Å². The number of aryl methyl sites for hydroxylation is 1. The molecule has 7 nitrogen and oxygen atoms in total. The van der Waals surface area contributed by atoms with E-state index in [-0.39, 0.29) is 23.8 Å². The highest BCUT2D eigenvalue weighted by molar-refractivity contribution is 5.89. The summed E-state index contributed by atoms with van der Waals surface area (Å²) in [6, 6.07) is 0.278. The van der Waals surface area contributed by atoms with Crippen molar-refractivity contribution in [2.45, 2.75) is 32.4 Å². The molecule has 0 saturated carbocycles. The number of likely N-dealkylation sites (N-methyl/N-ethyl adjacent to an activating group) is 1. The first-order chi connectivity index (χ1) is 11.0. The molecule has 2 saturated heterocycles. The summed E-state index contributed by atoms with van der Waals surface area (Å²) in [6.45, 7) is 4.84. The molecule has 2 aliphatic heterocycles. The number of carbonyl (C=O) groups is 2. The average molecular weight is 320 g/mol. The van der Waals surface area contributed by atoms with Gasteiger partial charge in [-0.05, 0) is 13.5 Å². The molecule has 1 aromatic rings. The van der Waals surface area contributed by atoms with Crippen LogP contribution in [0.5, 0.6) is 0 Å². The fourth-order valence-electron chi connectivity index (χ4n) is 3.46. The van der Waals surface area contributed by atoms with Crippen molar-refractivity contribution in [2.24, 2.45) is 5.92 Å². The smallest absolute Gasteiger partial charge is 0.228 e. The minimum atomic E-state index is -0.233. The molecule has 2 amide bonds. The van der Waals surface area contributed by atoms with Crippen LogP contribution in [0, 0.1) is 5.92 Å². The molecular weight excluding hydrogens is 296 g/mol. The third-order valence-corrected chi connectivity index (χ3v) is 4.84. The Morgan fingerprint density at radius 1 is 1.43 bits per heavy atom. The van der Waals surface area contributed by atoms with Crippen molar-refractivity contribution in [3.63, 3.8) is 0 Å². The van der Waals surface area contributed by atoms with Crippen LogP contribution in [0.25, 0.3) is 0 Å². The summed E-state index contributed by atoms with van der Waals surface area (Å²) in [6.07, 6.45) is 2.70. The highest BCUT2D eigenvalue weighted by Crippen LogP contribution is 2.26. The van der Waals surface area contributed by atoms with E-state index in [9.17, 15) is 9.59 Å². The summed E-state index contributed by atoms with van der Waals surface area (Å²) in [7, 11) is 3.82. The minimum Gasteiger partial charge on any atom is -0.364 e. The molecule has 126 valence electrons. The van der Waals surface area contributed by atoms with Crippen LogP contribution in [-0.4, -0.2) is 71.4 Å². The number of hydrogen-bond donors (Lipinski definition) is 0. The first kappa shape index (κ1) is 16.0. The number of carbonyl (C=O) groups excluding carboxylic acids is 2. The molecule has 3 rings (SSSR count).